The molecule has 1 atom stereocenters. The third-order valence-electron chi connectivity index (χ3n) is 3.13. The number of hydrogen-bond donors (Lipinski definition) is 3. The van der Waals surface area contributed by atoms with Gasteiger partial charge in [0.15, 0.2) is 0 Å². The van der Waals surface area contributed by atoms with Crippen molar-refractivity contribution in [2.24, 2.45) is 11.8 Å². The predicted molar refractivity (Wildman–Crippen MR) is 68.8 cm³/mol. The van der Waals surface area contributed by atoms with Crippen LogP contribution in [0, 0.1) is 5.92 Å². The Morgan fingerprint density at radius 2 is 2.44 bits per heavy atom. The molecule has 98 valence electrons. The van der Waals surface area contributed by atoms with Crippen molar-refractivity contribution in [3.63, 3.8) is 0 Å². The average Bonchev–Trinajstić information content (AvgIpc) is 2.46. The molecule has 7 heteroatoms. The zero-order valence-electron chi connectivity index (χ0n) is 10.4. The summed E-state index contributed by atoms with van der Waals surface area (Å²) in [4.78, 5) is 22.0. The lowest BCUT2D eigenvalue weighted by atomic mass is 9.97. The Morgan fingerprint density at radius 1 is 1.61 bits per heavy atom. The van der Waals surface area contributed by atoms with Crippen molar-refractivity contribution >= 4 is 17.7 Å². The van der Waals surface area contributed by atoms with Crippen LogP contribution < -0.4 is 21.5 Å². The van der Waals surface area contributed by atoms with E-state index in [0.29, 0.717) is 12.5 Å². The summed E-state index contributed by atoms with van der Waals surface area (Å²) < 4.78 is 0. The molecule has 7 nitrogen and oxygen atoms in total. The van der Waals surface area contributed by atoms with Gasteiger partial charge in [0.05, 0.1) is 5.92 Å². The lowest BCUT2D eigenvalue weighted by molar-refractivity contribution is -0.124. The topological polar surface area (TPSA) is 96.2 Å². The highest BCUT2D eigenvalue weighted by molar-refractivity contribution is 5.79. The molecular formula is C11H18N6O. The van der Waals surface area contributed by atoms with Gasteiger partial charge < -0.3 is 10.2 Å². The molecule has 4 N–H and O–H groups in total. The van der Waals surface area contributed by atoms with E-state index in [1.54, 1.807) is 13.2 Å². The predicted octanol–water partition coefficient (Wildman–Crippen LogP) is -0.275. The number of hydrazine groups is 1. The molecule has 0 aliphatic carbocycles. The minimum absolute atomic E-state index is 0.0213. The summed E-state index contributed by atoms with van der Waals surface area (Å²) in [6.07, 6.45) is 3.55. The van der Waals surface area contributed by atoms with Crippen LogP contribution in [0.2, 0.25) is 0 Å². The van der Waals surface area contributed by atoms with E-state index in [2.05, 4.69) is 25.6 Å². The van der Waals surface area contributed by atoms with Gasteiger partial charge in [0, 0.05) is 26.3 Å². The number of aromatic nitrogens is 2. The van der Waals surface area contributed by atoms with Crippen molar-refractivity contribution in [1.82, 2.24) is 15.3 Å². The standard InChI is InChI=1S/C11H18N6O/c1-13-10(18)8-3-2-6-17(7-8)9-4-5-14-11(15-9)16-12/h4-5,8H,2-3,6-7,12H2,1H3,(H,13,18)(H,14,15,16). The second kappa shape index (κ2) is 5.63. The summed E-state index contributed by atoms with van der Waals surface area (Å²) in [6, 6.07) is 1.83. The van der Waals surface area contributed by atoms with Crippen LogP contribution in [0.4, 0.5) is 11.8 Å². The van der Waals surface area contributed by atoms with Crippen LogP contribution in [0.1, 0.15) is 12.8 Å². The molecule has 1 aromatic rings. The number of nitrogens with two attached hydrogens (primary N) is 1. The Bertz CT molecular complexity index is 424. The number of nitrogens with zero attached hydrogens (tertiary/aromatic N) is 3. The lowest BCUT2D eigenvalue weighted by Gasteiger charge is -2.32. The highest BCUT2D eigenvalue weighted by atomic mass is 16.1. The molecular weight excluding hydrogens is 232 g/mol. The van der Waals surface area contributed by atoms with Gasteiger partial charge in [-0.1, -0.05) is 0 Å². The van der Waals surface area contributed by atoms with E-state index < -0.39 is 0 Å². The second-order valence-corrected chi connectivity index (χ2v) is 4.28. The number of piperidine rings is 1. The zero-order valence-corrected chi connectivity index (χ0v) is 10.4. The average molecular weight is 250 g/mol. The van der Waals surface area contributed by atoms with Crippen LogP contribution in [0.3, 0.4) is 0 Å². The molecule has 2 rings (SSSR count). The summed E-state index contributed by atoms with van der Waals surface area (Å²) >= 11 is 0. The summed E-state index contributed by atoms with van der Waals surface area (Å²) in [7, 11) is 1.67. The molecule has 1 saturated heterocycles. The van der Waals surface area contributed by atoms with Crippen molar-refractivity contribution < 1.29 is 4.79 Å². The monoisotopic (exact) mass is 250 g/mol. The summed E-state index contributed by atoms with van der Waals surface area (Å²) in [5.74, 6) is 6.58. The second-order valence-electron chi connectivity index (χ2n) is 4.28. The normalized spacial score (nSPS) is 19.4. The van der Waals surface area contributed by atoms with Crippen LogP contribution in [-0.4, -0.2) is 36.0 Å². The smallest absolute Gasteiger partial charge is 0.239 e. The Kier molecular flexibility index (Phi) is 3.93. The Balaban J connectivity index is 2.10. The fraction of sp³-hybridized carbons (Fsp3) is 0.545. The number of nitrogen functional groups attached to an aromatic ring is 1. The van der Waals surface area contributed by atoms with E-state index in [1.165, 1.54) is 0 Å². The van der Waals surface area contributed by atoms with Crippen LogP contribution in [0.5, 0.6) is 0 Å². The van der Waals surface area contributed by atoms with Crippen molar-refractivity contribution in [2.45, 2.75) is 12.8 Å². The maximum absolute atomic E-state index is 11.7. The first kappa shape index (κ1) is 12.6. The van der Waals surface area contributed by atoms with Crippen LogP contribution >= 0.6 is 0 Å². The molecule has 18 heavy (non-hydrogen) atoms. The number of rotatable bonds is 3. The first-order valence-electron chi connectivity index (χ1n) is 6.01. The van der Waals surface area contributed by atoms with E-state index >= 15 is 0 Å². The van der Waals surface area contributed by atoms with Crippen molar-refractivity contribution in [1.29, 1.82) is 0 Å². The third kappa shape index (κ3) is 2.67. The molecule has 1 unspecified atom stereocenters. The molecule has 0 aromatic carbocycles. The van der Waals surface area contributed by atoms with Gasteiger partial charge in [-0.05, 0) is 18.9 Å². The number of anilines is 2. The molecule has 0 bridgehead atoms. The molecule has 1 aromatic heterocycles. The van der Waals surface area contributed by atoms with Crippen LogP contribution in [-0.2, 0) is 4.79 Å². The first-order valence-corrected chi connectivity index (χ1v) is 6.01. The van der Waals surface area contributed by atoms with Crippen molar-refractivity contribution in [3.05, 3.63) is 12.3 Å². The SMILES string of the molecule is CNC(=O)C1CCCN(c2ccnc(NN)n2)C1. The van der Waals surface area contributed by atoms with E-state index in [-0.39, 0.29) is 11.8 Å². The third-order valence-corrected chi connectivity index (χ3v) is 3.13. The molecule has 1 aliphatic rings. The van der Waals surface area contributed by atoms with Gasteiger partial charge >= 0.3 is 0 Å². The minimum atomic E-state index is 0.0213. The van der Waals surface area contributed by atoms with Gasteiger partial charge in [0.2, 0.25) is 11.9 Å². The lowest BCUT2D eigenvalue weighted by Crippen LogP contribution is -2.42. The van der Waals surface area contributed by atoms with Gasteiger partial charge in [-0.15, -0.1) is 0 Å². The van der Waals surface area contributed by atoms with Crippen molar-refractivity contribution in [2.75, 3.05) is 30.5 Å². The summed E-state index contributed by atoms with van der Waals surface area (Å²) in [5, 5.41) is 2.70. The minimum Gasteiger partial charge on any atom is -0.359 e. The Hall–Kier alpha value is -1.89. The van der Waals surface area contributed by atoms with Gasteiger partial charge in [-0.3, -0.25) is 10.2 Å². The quantitative estimate of drug-likeness (QED) is 0.504. The Morgan fingerprint density at radius 3 is 3.17 bits per heavy atom. The Labute approximate surface area is 106 Å². The van der Waals surface area contributed by atoms with Crippen LogP contribution in [0.25, 0.3) is 0 Å². The molecule has 1 amide bonds. The van der Waals surface area contributed by atoms with E-state index in [1.807, 2.05) is 6.07 Å². The number of carbonyl (C=O) groups is 1. The summed E-state index contributed by atoms with van der Waals surface area (Å²) in [5.41, 5.74) is 2.42. The zero-order chi connectivity index (χ0) is 13.0. The fourth-order valence-electron chi connectivity index (χ4n) is 2.20. The highest BCUT2D eigenvalue weighted by Gasteiger charge is 2.25. The first-order chi connectivity index (χ1) is 8.74. The molecule has 0 saturated carbocycles. The van der Waals surface area contributed by atoms with Gasteiger partial charge in [0.25, 0.3) is 0 Å². The number of hydrogen-bond acceptors (Lipinski definition) is 6. The van der Waals surface area contributed by atoms with Crippen LogP contribution in [0.15, 0.2) is 12.3 Å². The number of nitrogens with one attached hydrogen (secondary N) is 2. The van der Waals surface area contributed by atoms with Gasteiger partial charge in [-0.25, -0.2) is 10.8 Å². The molecule has 2 heterocycles. The molecule has 1 aliphatic heterocycles. The van der Waals surface area contributed by atoms with Gasteiger partial charge in [0.1, 0.15) is 5.82 Å². The van der Waals surface area contributed by atoms with E-state index in [4.69, 9.17) is 5.84 Å². The fourth-order valence-corrected chi connectivity index (χ4v) is 2.20. The molecule has 0 spiro atoms. The number of carbonyl (C=O) groups excluding carboxylic acids is 1. The number of amides is 1. The summed E-state index contributed by atoms with van der Waals surface area (Å²) in [6.45, 7) is 1.58. The highest BCUT2D eigenvalue weighted by Crippen LogP contribution is 2.21. The van der Waals surface area contributed by atoms with Gasteiger partial charge in [-0.2, -0.15) is 4.98 Å². The van der Waals surface area contributed by atoms with E-state index in [0.717, 1.165) is 25.2 Å². The van der Waals surface area contributed by atoms with E-state index in [9.17, 15) is 4.79 Å². The molecule has 1 fully saturated rings. The molecule has 0 radical (unpaired) electrons. The van der Waals surface area contributed by atoms with Crippen molar-refractivity contribution in [3.8, 4) is 0 Å². The maximum atomic E-state index is 11.7. The maximum Gasteiger partial charge on any atom is 0.239 e. The largest absolute Gasteiger partial charge is 0.359 e.